The van der Waals surface area contributed by atoms with Gasteiger partial charge in [0.1, 0.15) is 0 Å². The Morgan fingerprint density at radius 1 is 0.526 bits per heavy atom. The Morgan fingerprint density at radius 2 is 0.526 bits per heavy atom. The smallest absolute Gasteiger partial charge is 0.0483 e. The summed E-state index contributed by atoms with van der Waals surface area (Å²) in [6.07, 6.45) is -0.167. The Labute approximate surface area is 119 Å². The summed E-state index contributed by atoms with van der Waals surface area (Å²) < 4.78 is 0. The van der Waals surface area contributed by atoms with Gasteiger partial charge in [0.05, 0.1) is 0 Å². The zero-order valence-corrected chi connectivity index (χ0v) is 13.8. The molecule has 0 fully saturated rings. The van der Waals surface area contributed by atoms with Crippen LogP contribution in [0.1, 0.15) is 48.5 Å². The van der Waals surface area contributed by atoms with Crippen LogP contribution >= 0.6 is 0 Å². The lowest BCUT2D eigenvalue weighted by Crippen LogP contribution is -1.85. The van der Waals surface area contributed by atoms with Gasteiger partial charge in [-0.05, 0) is 48.5 Å². The standard InChI is InChI=1S/C3H8O.5C2H6O/c1-3(2)4;5*1-2-3/h3-4H,1-2H3;5*3H,2H2,1H3. The Morgan fingerprint density at radius 3 is 0.526 bits per heavy atom. The highest BCUT2D eigenvalue weighted by Gasteiger charge is 1.69. The van der Waals surface area contributed by atoms with Crippen LogP contribution in [0.2, 0.25) is 0 Å². The van der Waals surface area contributed by atoms with Gasteiger partial charge in [0.25, 0.3) is 0 Å². The van der Waals surface area contributed by atoms with Gasteiger partial charge in [0.15, 0.2) is 0 Å². The molecule has 0 bridgehead atoms. The number of hydrogen-bond donors (Lipinski definition) is 6. The van der Waals surface area contributed by atoms with E-state index in [2.05, 4.69) is 0 Å². The van der Waals surface area contributed by atoms with Crippen LogP contribution in [0.5, 0.6) is 0 Å². The lowest BCUT2D eigenvalue weighted by atomic mass is 10.5. The number of aliphatic hydroxyl groups is 6. The summed E-state index contributed by atoms with van der Waals surface area (Å²) in [7, 11) is 0. The maximum Gasteiger partial charge on any atom is 0.0483 e. The van der Waals surface area contributed by atoms with Crippen LogP contribution in [-0.2, 0) is 0 Å². The first kappa shape index (κ1) is 36.3. The first-order valence-electron chi connectivity index (χ1n) is 6.53. The van der Waals surface area contributed by atoms with E-state index in [9.17, 15) is 0 Å². The van der Waals surface area contributed by atoms with Gasteiger partial charge in [0.2, 0.25) is 0 Å². The van der Waals surface area contributed by atoms with Gasteiger partial charge in [0, 0.05) is 39.1 Å². The van der Waals surface area contributed by atoms with Crippen LogP contribution in [0.15, 0.2) is 0 Å². The van der Waals surface area contributed by atoms with E-state index in [1.807, 2.05) is 0 Å². The SMILES string of the molecule is CC(C)O.CCO.CCO.CCO.CCO.CCO. The molecule has 6 nitrogen and oxygen atoms in total. The second kappa shape index (κ2) is 82.8. The Bertz CT molecular complexity index is 48.7. The molecule has 0 saturated heterocycles. The normalized spacial score (nSPS) is 6.63. The predicted octanol–water partition coefficient (Wildman–Crippen LogP) is 0.380. The molecular weight excluding hydrogens is 252 g/mol. The third-order valence-electron chi connectivity index (χ3n) is 0. The molecule has 0 aliphatic rings. The minimum Gasteiger partial charge on any atom is -0.397 e. The monoisotopic (exact) mass is 290 g/mol. The van der Waals surface area contributed by atoms with E-state index < -0.39 is 0 Å². The summed E-state index contributed by atoms with van der Waals surface area (Å²) in [4.78, 5) is 0. The van der Waals surface area contributed by atoms with Crippen LogP contribution in [0.3, 0.4) is 0 Å². The van der Waals surface area contributed by atoms with Crippen molar-refractivity contribution in [2.24, 2.45) is 0 Å². The second-order valence-corrected chi connectivity index (χ2v) is 2.67. The van der Waals surface area contributed by atoms with Crippen LogP contribution in [0.4, 0.5) is 0 Å². The quantitative estimate of drug-likeness (QED) is 0.383. The van der Waals surface area contributed by atoms with E-state index in [1.54, 1.807) is 48.5 Å². The molecule has 6 heteroatoms. The second-order valence-electron chi connectivity index (χ2n) is 2.67. The average Bonchev–Trinajstić information content (AvgIpc) is 2.21. The molecule has 0 radical (unpaired) electrons. The van der Waals surface area contributed by atoms with Crippen molar-refractivity contribution < 1.29 is 30.6 Å². The summed E-state index contributed by atoms with van der Waals surface area (Å²) >= 11 is 0. The summed E-state index contributed by atoms with van der Waals surface area (Å²) in [6.45, 7) is 13.1. The Kier molecular flexibility index (Phi) is 158. The largest absolute Gasteiger partial charge is 0.397 e. The molecule has 0 heterocycles. The Hall–Kier alpha value is -0.240. The van der Waals surface area contributed by atoms with Crippen LogP contribution in [0, 0.1) is 0 Å². The zero-order chi connectivity index (χ0) is 17.1. The number of aliphatic hydroxyl groups excluding tert-OH is 6. The fourth-order valence-corrected chi connectivity index (χ4v) is 0. The minimum absolute atomic E-state index is 0.167. The van der Waals surface area contributed by atoms with E-state index in [0.29, 0.717) is 0 Å². The summed E-state index contributed by atoms with van der Waals surface area (Å²) in [5.74, 6) is 0. The molecule has 0 amide bonds. The first-order valence-corrected chi connectivity index (χ1v) is 6.53. The average molecular weight is 290 g/mol. The third-order valence-corrected chi connectivity index (χ3v) is 0. The van der Waals surface area contributed by atoms with Crippen molar-refractivity contribution in [1.82, 2.24) is 0 Å². The molecule has 0 aromatic carbocycles. The van der Waals surface area contributed by atoms with Crippen LogP contribution in [-0.4, -0.2) is 69.8 Å². The lowest BCUT2D eigenvalue weighted by Gasteiger charge is -1.80. The Balaban J connectivity index is -0.0000000268. The highest BCUT2D eigenvalue weighted by atomic mass is 16.3. The van der Waals surface area contributed by atoms with Crippen LogP contribution in [0.25, 0.3) is 0 Å². The molecule has 0 aliphatic heterocycles. The van der Waals surface area contributed by atoms with Gasteiger partial charge in [-0.3, -0.25) is 0 Å². The summed E-state index contributed by atoms with van der Waals surface area (Å²) in [5.41, 5.74) is 0. The molecule has 6 N–H and O–H groups in total. The molecule has 0 saturated carbocycles. The fraction of sp³-hybridized carbons (Fsp3) is 1.00. The maximum absolute atomic E-state index is 8.06. The van der Waals surface area contributed by atoms with Crippen molar-refractivity contribution in [3.8, 4) is 0 Å². The first-order chi connectivity index (χ1) is 8.80. The highest BCUT2D eigenvalue weighted by molar-refractivity contribution is 4.20. The van der Waals surface area contributed by atoms with Gasteiger partial charge in [-0.2, -0.15) is 0 Å². The van der Waals surface area contributed by atoms with Gasteiger partial charge in [-0.25, -0.2) is 0 Å². The molecule has 0 spiro atoms. The third kappa shape index (κ3) is 76600. The topological polar surface area (TPSA) is 121 Å². The lowest BCUT2D eigenvalue weighted by molar-refractivity contribution is 0.216. The van der Waals surface area contributed by atoms with E-state index >= 15 is 0 Å². The summed E-state index contributed by atoms with van der Waals surface area (Å²) in [5, 5.41) is 45.9. The van der Waals surface area contributed by atoms with Crippen LogP contribution < -0.4 is 0 Å². The van der Waals surface area contributed by atoms with E-state index in [1.165, 1.54) is 0 Å². The van der Waals surface area contributed by atoms with Gasteiger partial charge in [-0.1, -0.05) is 0 Å². The van der Waals surface area contributed by atoms with E-state index in [4.69, 9.17) is 30.6 Å². The van der Waals surface area contributed by atoms with Gasteiger partial charge >= 0.3 is 0 Å². The van der Waals surface area contributed by atoms with Crippen molar-refractivity contribution >= 4 is 0 Å². The highest BCUT2D eigenvalue weighted by Crippen LogP contribution is 1.65. The van der Waals surface area contributed by atoms with Crippen molar-refractivity contribution in [1.29, 1.82) is 0 Å². The molecule has 0 rings (SSSR count). The molecule has 0 aromatic heterocycles. The van der Waals surface area contributed by atoms with Crippen molar-refractivity contribution in [3.63, 3.8) is 0 Å². The number of rotatable bonds is 0. The fourth-order valence-electron chi connectivity index (χ4n) is 0. The molecular formula is C13H38O6. The zero-order valence-electron chi connectivity index (χ0n) is 13.8. The molecule has 0 aromatic rings. The van der Waals surface area contributed by atoms with Gasteiger partial charge < -0.3 is 30.6 Å². The van der Waals surface area contributed by atoms with E-state index in [-0.39, 0.29) is 39.1 Å². The van der Waals surface area contributed by atoms with Gasteiger partial charge in [-0.15, -0.1) is 0 Å². The molecule has 19 heavy (non-hydrogen) atoms. The van der Waals surface area contributed by atoms with E-state index in [0.717, 1.165) is 0 Å². The summed E-state index contributed by atoms with van der Waals surface area (Å²) in [6, 6.07) is 0. The molecule has 0 atom stereocenters. The predicted molar refractivity (Wildman–Crippen MR) is 81.2 cm³/mol. The number of hydrogen-bond acceptors (Lipinski definition) is 6. The minimum atomic E-state index is -0.167. The molecule has 0 aliphatic carbocycles. The van der Waals surface area contributed by atoms with Crippen molar-refractivity contribution in [3.05, 3.63) is 0 Å². The molecule has 126 valence electrons. The maximum atomic E-state index is 8.06. The van der Waals surface area contributed by atoms with Crippen molar-refractivity contribution in [2.45, 2.75) is 54.6 Å². The molecule has 0 unspecified atom stereocenters. The van der Waals surface area contributed by atoms with Crippen molar-refractivity contribution in [2.75, 3.05) is 33.0 Å².